The maximum atomic E-state index is 11.8. The monoisotopic (exact) mass is 316 g/mol. The molecule has 0 aliphatic carbocycles. The van der Waals surface area contributed by atoms with Crippen LogP contribution in [0.2, 0.25) is 0 Å². The van der Waals surface area contributed by atoms with E-state index in [4.69, 9.17) is 14.0 Å². The lowest BCUT2D eigenvalue weighted by molar-refractivity contribution is -0.120. The molecule has 1 aliphatic heterocycles. The molecule has 2 aromatic rings. The smallest absolute Gasteiger partial charge is 0.226 e. The van der Waals surface area contributed by atoms with Gasteiger partial charge >= 0.3 is 0 Å². The predicted octanol–water partition coefficient (Wildman–Crippen LogP) is 2.43. The Morgan fingerprint density at radius 1 is 1.22 bits per heavy atom. The Hall–Kier alpha value is -2.50. The Kier molecular flexibility index (Phi) is 4.50. The minimum absolute atomic E-state index is 0.0549. The van der Waals surface area contributed by atoms with E-state index in [0.29, 0.717) is 42.9 Å². The first kappa shape index (κ1) is 15.4. The number of carbonyl (C=O) groups is 1. The molecule has 6 nitrogen and oxygen atoms in total. The minimum Gasteiger partial charge on any atom is -0.486 e. The Balaban J connectivity index is 1.68. The van der Waals surface area contributed by atoms with Crippen molar-refractivity contribution in [2.24, 2.45) is 5.92 Å². The van der Waals surface area contributed by atoms with E-state index in [-0.39, 0.29) is 12.3 Å². The molecule has 1 aliphatic rings. The van der Waals surface area contributed by atoms with Gasteiger partial charge in [-0.05, 0) is 24.1 Å². The number of fused-ring (bicyclic) bond motifs is 1. The summed E-state index contributed by atoms with van der Waals surface area (Å²) >= 11 is 0. The highest BCUT2D eigenvalue weighted by atomic mass is 16.6. The van der Waals surface area contributed by atoms with Crippen molar-refractivity contribution in [1.82, 2.24) is 10.5 Å². The van der Waals surface area contributed by atoms with Gasteiger partial charge in [0.2, 0.25) is 5.91 Å². The van der Waals surface area contributed by atoms with E-state index in [1.54, 1.807) is 6.07 Å². The zero-order chi connectivity index (χ0) is 16.2. The second-order valence-corrected chi connectivity index (χ2v) is 5.92. The van der Waals surface area contributed by atoms with Gasteiger partial charge in [-0.3, -0.25) is 4.79 Å². The molecule has 0 radical (unpaired) electrons. The molecular formula is C17H20N2O4. The molecule has 6 heteroatoms. The van der Waals surface area contributed by atoms with Crippen molar-refractivity contribution in [3.05, 3.63) is 30.0 Å². The summed E-state index contributed by atoms with van der Waals surface area (Å²) in [5, 5.41) is 6.83. The fourth-order valence-electron chi connectivity index (χ4n) is 2.27. The van der Waals surface area contributed by atoms with Crippen LogP contribution in [0.4, 0.5) is 0 Å². The average molecular weight is 316 g/mol. The summed E-state index contributed by atoms with van der Waals surface area (Å²) in [6.45, 7) is 5.86. The third-order valence-electron chi connectivity index (χ3n) is 3.43. The van der Waals surface area contributed by atoms with E-state index in [1.807, 2.05) is 18.2 Å². The minimum atomic E-state index is -0.0549. The Morgan fingerprint density at radius 2 is 2.00 bits per heavy atom. The van der Waals surface area contributed by atoms with Gasteiger partial charge in [0.1, 0.15) is 13.2 Å². The largest absolute Gasteiger partial charge is 0.486 e. The van der Waals surface area contributed by atoms with Gasteiger partial charge in [0.05, 0.1) is 12.1 Å². The lowest BCUT2D eigenvalue weighted by Crippen LogP contribution is -2.28. The number of amides is 1. The molecule has 3 rings (SSSR count). The molecule has 1 aromatic carbocycles. The molecular weight excluding hydrogens is 296 g/mol. The van der Waals surface area contributed by atoms with Gasteiger partial charge < -0.3 is 19.3 Å². The molecule has 0 bridgehead atoms. The van der Waals surface area contributed by atoms with Crippen LogP contribution in [0.25, 0.3) is 11.3 Å². The Morgan fingerprint density at radius 3 is 2.78 bits per heavy atom. The zero-order valence-corrected chi connectivity index (χ0v) is 13.3. The van der Waals surface area contributed by atoms with Crippen molar-refractivity contribution in [3.63, 3.8) is 0 Å². The number of benzene rings is 1. The van der Waals surface area contributed by atoms with Crippen LogP contribution >= 0.6 is 0 Å². The first-order valence-corrected chi connectivity index (χ1v) is 7.74. The highest BCUT2D eigenvalue weighted by Crippen LogP contribution is 2.34. The van der Waals surface area contributed by atoms with Gasteiger partial charge in [-0.15, -0.1) is 0 Å². The van der Waals surface area contributed by atoms with Gasteiger partial charge in [0, 0.05) is 18.2 Å². The SMILES string of the molecule is CC(C)CNC(=O)Cc1cc(-c2ccc3c(c2)OCCO3)on1. The maximum absolute atomic E-state index is 11.8. The second kappa shape index (κ2) is 6.73. The normalized spacial score (nSPS) is 13.2. The van der Waals surface area contributed by atoms with Crippen molar-refractivity contribution < 1.29 is 18.8 Å². The molecule has 0 saturated heterocycles. The van der Waals surface area contributed by atoms with Crippen molar-refractivity contribution in [3.8, 4) is 22.8 Å². The van der Waals surface area contributed by atoms with Crippen LogP contribution in [0.15, 0.2) is 28.8 Å². The number of ether oxygens (including phenoxy) is 2. The van der Waals surface area contributed by atoms with Crippen molar-refractivity contribution >= 4 is 5.91 Å². The van der Waals surface area contributed by atoms with E-state index in [1.165, 1.54) is 0 Å². The predicted molar refractivity (Wildman–Crippen MR) is 84.5 cm³/mol. The number of nitrogens with zero attached hydrogens (tertiary/aromatic N) is 1. The Bertz CT molecular complexity index is 694. The summed E-state index contributed by atoms with van der Waals surface area (Å²) in [5.41, 5.74) is 1.45. The number of aromatic nitrogens is 1. The quantitative estimate of drug-likeness (QED) is 0.917. The lowest BCUT2D eigenvalue weighted by atomic mass is 10.1. The summed E-state index contributed by atoms with van der Waals surface area (Å²) in [5.74, 6) is 2.40. The number of rotatable bonds is 5. The van der Waals surface area contributed by atoms with E-state index in [2.05, 4.69) is 24.3 Å². The summed E-state index contributed by atoms with van der Waals surface area (Å²) < 4.78 is 16.4. The van der Waals surface area contributed by atoms with Gasteiger partial charge in [0.15, 0.2) is 17.3 Å². The van der Waals surface area contributed by atoms with Crippen molar-refractivity contribution in [2.45, 2.75) is 20.3 Å². The summed E-state index contributed by atoms with van der Waals surface area (Å²) in [6.07, 6.45) is 0.209. The lowest BCUT2D eigenvalue weighted by Gasteiger charge is -2.18. The van der Waals surface area contributed by atoms with Crippen LogP contribution in [0, 0.1) is 5.92 Å². The van der Waals surface area contributed by atoms with Gasteiger partial charge in [-0.25, -0.2) is 0 Å². The molecule has 0 unspecified atom stereocenters. The van der Waals surface area contributed by atoms with Gasteiger partial charge in [-0.2, -0.15) is 0 Å². The standard InChI is InChI=1S/C17H20N2O4/c1-11(2)10-18-17(20)9-13-8-15(23-19-13)12-3-4-14-16(7-12)22-6-5-21-14/h3-4,7-8,11H,5-6,9-10H2,1-2H3,(H,18,20). The van der Waals surface area contributed by atoms with Crippen LogP contribution in [-0.4, -0.2) is 30.8 Å². The second-order valence-electron chi connectivity index (χ2n) is 5.92. The molecule has 0 spiro atoms. The Labute approximate surface area is 134 Å². The number of nitrogens with one attached hydrogen (secondary N) is 1. The highest BCUT2D eigenvalue weighted by molar-refractivity contribution is 5.78. The fraction of sp³-hybridized carbons (Fsp3) is 0.412. The molecule has 1 aromatic heterocycles. The topological polar surface area (TPSA) is 73.6 Å². The number of carbonyl (C=O) groups excluding carboxylic acids is 1. The first-order valence-electron chi connectivity index (χ1n) is 7.74. The van der Waals surface area contributed by atoms with Crippen LogP contribution in [-0.2, 0) is 11.2 Å². The number of hydrogen-bond donors (Lipinski definition) is 1. The maximum Gasteiger partial charge on any atom is 0.226 e. The van der Waals surface area contributed by atoms with E-state index in [9.17, 15) is 4.79 Å². The van der Waals surface area contributed by atoms with Crippen molar-refractivity contribution in [2.75, 3.05) is 19.8 Å². The molecule has 2 heterocycles. The first-order chi connectivity index (χ1) is 11.1. The summed E-state index contributed by atoms with van der Waals surface area (Å²) in [4.78, 5) is 11.8. The highest BCUT2D eigenvalue weighted by Gasteiger charge is 2.15. The summed E-state index contributed by atoms with van der Waals surface area (Å²) in [7, 11) is 0. The molecule has 1 N–H and O–H groups in total. The summed E-state index contributed by atoms with van der Waals surface area (Å²) in [6, 6.07) is 7.37. The van der Waals surface area contributed by atoms with Crippen LogP contribution < -0.4 is 14.8 Å². The van der Waals surface area contributed by atoms with Gasteiger partial charge in [-0.1, -0.05) is 19.0 Å². The number of hydrogen-bond acceptors (Lipinski definition) is 5. The fourth-order valence-corrected chi connectivity index (χ4v) is 2.27. The van der Waals surface area contributed by atoms with E-state index >= 15 is 0 Å². The average Bonchev–Trinajstić information content (AvgIpc) is 3.01. The molecule has 1 amide bonds. The third kappa shape index (κ3) is 3.83. The third-order valence-corrected chi connectivity index (χ3v) is 3.43. The molecule has 23 heavy (non-hydrogen) atoms. The van der Waals surface area contributed by atoms with Gasteiger partial charge in [0.25, 0.3) is 0 Å². The van der Waals surface area contributed by atoms with Crippen LogP contribution in [0.5, 0.6) is 11.5 Å². The van der Waals surface area contributed by atoms with Crippen LogP contribution in [0.1, 0.15) is 19.5 Å². The molecule has 122 valence electrons. The van der Waals surface area contributed by atoms with E-state index in [0.717, 1.165) is 11.3 Å². The van der Waals surface area contributed by atoms with E-state index < -0.39 is 0 Å². The zero-order valence-electron chi connectivity index (χ0n) is 13.3. The molecule has 0 saturated carbocycles. The van der Waals surface area contributed by atoms with Crippen LogP contribution in [0.3, 0.4) is 0 Å². The molecule has 0 fully saturated rings. The van der Waals surface area contributed by atoms with Crippen molar-refractivity contribution in [1.29, 1.82) is 0 Å². The molecule has 0 atom stereocenters.